The van der Waals surface area contributed by atoms with Crippen LogP contribution < -0.4 is 0 Å². The lowest BCUT2D eigenvalue weighted by Crippen LogP contribution is -2.40. The van der Waals surface area contributed by atoms with Gasteiger partial charge in [-0.3, -0.25) is 4.79 Å². The van der Waals surface area contributed by atoms with Crippen molar-refractivity contribution >= 4 is 17.5 Å². The molecular formula is C12H16ClNO2. The Balaban J connectivity index is 2.13. The molecule has 1 aromatic rings. The van der Waals surface area contributed by atoms with E-state index in [1.807, 2.05) is 4.90 Å². The van der Waals surface area contributed by atoms with Crippen molar-refractivity contribution < 1.29 is 9.21 Å². The molecule has 1 amide bonds. The second kappa shape index (κ2) is 5.39. The first-order valence-electron chi connectivity index (χ1n) is 5.73. The summed E-state index contributed by atoms with van der Waals surface area (Å²) in [5, 5.41) is 0. The highest BCUT2D eigenvalue weighted by atomic mass is 35.5. The van der Waals surface area contributed by atoms with Gasteiger partial charge in [0.15, 0.2) is 5.76 Å². The average molecular weight is 242 g/mol. The van der Waals surface area contributed by atoms with Gasteiger partial charge in [-0.05, 0) is 25.0 Å². The van der Waals surface area contributed by atoms with Crippen LogP contribution in [-0.2, 0) is 0 Å². The van der Waals surface area contributed by atoms with Gasteiger partial charge in [-0.2, -0.15) is 0 Å². The molecule has 1 atom stereocenters. The van der Waals surface area contributed by atoms with Crippen molar-refractivity contribution in [3.63, 3.8) is 0 Å². The molecule has 2 heterocycles. The zero-order valence-electron chi connectivity index (χ0n) is 9.19. The molecule has 0 radical (unpaired) electrons. The third kappa shape index (κ3) is 2.40. The summed E-state index contributed by atoms with van der Waals surface area (Å²) in [6.45, 7) is 0.789. The highest BCUT2D eigenvalue weighted by Gasteiger charge is 2.26. The van der Waals surface area contributed by atoms with E-state index in [0.717, 1.165) is 25.8 Å². The van der Waals surface area contributed by atoms with Crippen LogP contribution in [0, 0.1) is 0 Å². The maximum atomic E-state index is 12.2. The minimum absolute atomic E-state index is 0.0300. The van der Waals surface area contributed by atoms with E-state index in [0.29, 0.717) is 11.6 Å². The van der Waals surface area contributed by atoms with Gasteiger partial charge in [-0.15, -0.1) is 11.6 Å². The second-order valence-corrected chi connectivity index (χ2v) is 4.44. The van der Waals surface area contributed by atoms with E-state index in [1.54, 1.807) is 12.1 Å². The number of rotatable bonds is 2. The number of amides is 1. The van der Waals surface area contributed by atoms with Gasteiger partial charge in [0.25, 0.3) is 5.91 Å². The van der Waals surface area contributed by atoms with Crippen molar-refractivity contribution in [2.24, 2.45) is 0 Å². The van der Waals surface area contributed by atoms with Gasteiger partial charge in [0.1, 0.15) is 0 Å². The maximum absolute atomic E-state index is 12.2. The molecule has 88 valence electrons. The fraction of sp³-hybridized carbons (Fsp3) is 0.583. The zero-order chi connectivity index (χ0) is 11.4. The molecule has 4 heteroatoms. The summed E-state index contributed by atoms with van der Waals surface area (Å²) in [4.78, 5) is 14.0. The van der Waals surface area contributed by atoms with Gasteiger partial charge in [0.2, 0.25) is 0 Å². The summed E-state index contributed by atoms with van der Waals surface area (Å²) >= 11 is 5.93. The van der Waals surface area contributed by atoms with Crippen molar-refractivity contribution in [2.45, 2.75) is 31.7 Å². The van der Waals surface area contributed by atoms with Crippen LogP contribution in [-0.4, -0.2) is 29.3 Å². The third-order valence-electron chi connectivity index (χ3n) is 3.05. The number of furan rings is 1. The summed E-state index contributed by atoms with van der Waals surface area (Å²) in [5.41, 5.74) is 0. The molecule has 1 aliphatic heterocycles. The van der Waals surface area contributed by atoms with Gasteiger partial charge in [0, 0.05) is 18.5 Å². The van der Waals surface area contributed by atoms with Crippen molar-refractivity contribution in [3.05, 3.63) is 24.2 Å². The minimum atomic E-state index is -0.0300. The Morgan fingerprint density at radius 1 is 1.50 bits per heavy atom. The Kier molecular flexibility index (Phi) is 3.88. The first kappa shape index (κ1) is 11.5. The van der Waals surface area contributed by atoms with Gasteiger partial charge in [-0.25, -0.2) is 0 Å². The summed E-state index contributed by atoms with van der Waals surface area (Å²) < 4.78 is 5.15. The average Bonchev–Trinajstić information content (AvgIpc) is 2.73. The van der Waals surface area contributed by atoms with E-state index in [4.69, 9.17) is 16.0 Å². The number of alkyl halides is 1. The third-order valence-corrected chi connectivity index (χ3v) is 3.40. The first-order valence-corrected chi connectivity index (χ1v) is 6.27. The van der Waals surface area contributed by atoms with E-state index in [2.05, 4.69) is 0 Å². The lowest BCUT2D eigenvalue weighted by molar-refractivity contribution is 0.0668. The fourth-order valence-corrected chi connectivity index (χ4v) is 2.47. The molecule has 0 saturated carbocycles. The van der Waals surface area contributed by atoms with Crippen LogP contribution in [0.15, 0.2) is 22.8 Å². The quantitative estimate of drug-likeness (QED) is 0.746. The molecule has 0 bridgehead atoms. The van der Waals surface area contributed by atoms with Gasteiger partial charge >= 0.3 is 0 Å². The molecule has 0 aromatic carbocycles. The summed E-state index contributed by atoms with van der Waals surface area (Å²) in [6.07, 6.45) is 5.91. The summed E-state index contributed by atoms with van der Waals surface area (Å²) in [5.74, 6) is 0.890. The number of carbonyl (C=O) groups is 1. The fourth-order valence-electron chi connectivity index (χ4n) is 2.15. The van der Waals surface area contributed by atoms with Crippen LogP contribution in [0.1, 0.15) is 36.2 Å². The molecule has 0 N–H and O–H groups in total. The predicted octanol–water partition coefficient (Wildman–Crippen LogP) is 2.90. The molecule has 16 heavy (non-hydrogen) atoms. The number of carbonyl (C=O) groups excluding carboxylic acids is 1. The van der Waals surface area contributed by atoms with E-state index < -0.39 is 0 Å². The topological polar surface area (TPSA) is 33.5 Å². The molecule has 1 aliphatic rings. The van der Waals surface area contributed by atoms with Crippen LogP contribution in [0.2, 0.25) is 0 Å². The maximum Gasteiger partial charge on any atom is 0.289 e. The smallest absolute Gasteiger partial charge is 0.289 e. The Labute approximate surface area is 100 Å². The van der Waals surface area contributed by atoms with Crippen molar-refractivity contribution in [1.29, 1.82) is 0 Å². The highest BCUT2D eigenvalue weighted by molar-refractivity contribution is 6.18. The Morgan fingerprint density at radius 3 is 3.06 bits per heavy atom. The van der Waals surface area contributed by atoms with Crippen LogP contribution in [0.4, 0.5) is 0 Å². The molecular weight excluding hydrogens is 226 g/mol. The minimum Gasteiger partial charge on any atom is -0.459 e. The number of hydrogen-bond acceptors (Lipinski definition) is 2. The molecule has 1 unspecified atom stereocenters. The molecule has 1 fully saturated rings. The Hall–Kier alpha value is -0.960. The summed E-state index contributed by atoms with van der Waals surface area (Å²) in [7, 11) is 0. The number of nitrogens with zero attached hydrogens (tertiary/aromatic N) is 1. The lowest BCUT2D eigenvalue weighted by atomic mass is 10.1. The van der Waals surface area contributed by atoms with Crippen LogP contribution >= 0.6 is 11.6 Å². The van der Waals surface area contributed by atoms with Crippen LogP contribution in [0.3, 0.4) is 0 Å². The molecule has 3 nitrogen and oxygen atoms in total. The molecule has 1 saturated heterocycles. The van der Waals surface area contributed by atoms with Gasteiger partial charge in [-0.1, -0.05) is 12.8 Å². The monoisotopic (exact) mass is 241 g/mol. The number of hydrogen-bond donors (Lipinski definition) is 0. The highest BCUT2D eigenvalue weighted by Crippen LogP contribution is 2.20. The summed E-state index contributed by atoms with van der Waals surface area (Å²) in [6, 6.07) is 3.60. The standard InChI is InChI=1S/C12H16ClNO2/c13-9-10-5-2-1-3-7-14(10)12(15)11-6-4-8-16-11/h4,6,8,10H,1-3,5,7,9H2. The lowest BCUT2D eigenvalue weighted by Gasteiger charge is -2.27. The molecule has 1 aromatic heterocycles. The molecule has 0 aliphatic carbocycles. The normalized spacial score (nSPS) is 21.8. The SMILES string of the molecule is O=C(c1ccco1)N1CCCCCC1CCl. The number of halogens is 1. The predicted molar refractivity (Wildman–Crippen MR) is 62.7 cm³/mol. The van der Waals surface area contributed by atoms with Crippen molar-refractivity contribution in [2.75, 3.05) is 12.4 Å². The van der Waals surface area contributed by atoms with E-state index >= 15 is 0 Å². The van der Waals surface area contributed by atoms with Gasteiger partial charge < -0.3 is 9.32 Å². The molecule has 2 rings (SSSR count). The zero-order valence-corrected chi connectivity index (χ0v) is 9.95. The first-order chi connectivity index (χ1) is 7.83. The molecule has 0 spiro atoms. The Bertz CT molecular complexity index is 337. The van der Waals surface area contributed by atoms with E-state index in [9.17, 15) is 4.79 Å². The van der Waals surface area contributed by atoms with Crippen molar-refractivity contribution in [3.8, 4) is 0 Å². The Morgan fingerprint density at radius 2 is 2.38 bits per heavy atom. The van der Waals surface area contributed by atoms with Crippen molar-refractivity contribution in [1.82, 2.24) is 4.90 Å². The van der Waals surface area contributed by atoms with E-state index in [1.165, 1.54) is 12.7 Å². The van der Waals surface area contributed by atoms with E-state index in [-0.39, 0.29) is 11.9 Å². The van der Waals surface area contributed by atoms with Crippen LogP contribution in [0.25, 0.3) is 0 Å². The second-order valence-electron chi connectivity index (χ2n) is 4.13. The van der Waals surface area contributed by atoms with Gasteiger partial charge in [0.05, 0.1) is 6.26 Å². The number of likely N-dealkylation sites (tertiary alicyclic amines) is 1. The van der Waals surface area contributed by atoms with Crippen LogP contribution in [0.5, 0.6) is 0 Å². The largest absolute Gasteiger partial charge is 0.459 e.